The summed E-state index contributed by atoms with van der Waals surface area (Å²) in [6.45, 7) is 22.5. The number of hydrogen-bond acceptors (Lipinski definition) is 0. The monoisotopic (exact) mass is 676 g/mol. The average Bonchev–Trinajstić information content (AvgIpc) is 2.88. The first-order valence-corrected chi connectivity index (χ1v) is 11.3. The number of hydrogen-bond donors (Lipinski definition) is 0. The van der Waals surface area contributed by atoms with Crippen molar-refractivity contribution in [3.8, 4) is 0 Å². The number of benzene rings is 3. The van der Waals surface area contributed by atoms with E-state index in [2.05, 4.69) is 124 Å². The Kier molecular flexibility index (Phi) is 34.2. The molecule has 0 atom stereocenters. The quantitative estimate of drug-likeness (QED) is 0.231. The first-order chi connectivity index (χ1) is 14.4. The Morgan fingerprint density at radius 3 is 0.700 bits per heavy atom. The van der Waals surface area contributed by atoms with Gasteiger partial charge in [-0.1, -0.05) is 0 Å². The molecule has 0 saturated carbocycles. The second kappa shape index (κ2) is 29.1. The predicted molar refractivity (Wildman–Crippen MR) is 104 cm³/mol. The third kappa shape index (κ3) is 13.9. The molecule has 5 nitrogen and oxygen atoms in total. The van der Waals surface area contributed by atoms with Gasteiger partial charge in [0.05, 0.1) is 0 Å². The van der Waals surface area contributed by atoms with Crippen molar-refractivity contribution in [2.24, 2.45) is 0 Å². The summed E-state index contributed by atoms with van der Waals surface area (Å²) < 4.78 is 42.0. The van der Waals surface area contributed by atoms with Crippen molar-refractivity contribution in [1.82, 2.24) is 0 Å². The zero-order valence-corrected chi connectivity index (χ0v) is 21.0. The molecule has 0 radical (unpaired) electrons. The maximum atomic E-state index is 7.50. The molecule has 3 aromatic rings. The van der Waals surface area contributed by atoms with Crippen LogP contribution < -0.4 is 10.5 Å². The Morgan fingerprint density at radius 2 is 0.533 bits per heavy atom. The molecule has 3 rings (SSSR count). The minimum absolute atomic E-state index is 0. The van der Waals surface area contributed by atoms with Gasteiger partial charge < -0.3 is 0 Å². The molecule has 0 N–H and O–H groups in total. The fourth-order valence-electron chi connectivity index (χ4n) is 2.18. The molecular formula is C23H15O5SbW. The van der Waals surface area contributed by atoms with Crippen LogP contribution >= 0.6 is 0 Å². The summed E-state index contributed by atoms with van der Waals surface area (Å²) in [6, 6.07) is 32.9. The molecule has 7 heteroatoms. The molecule has 148 valence electrons. The standard InChI is InChI=1S/3C6H5.5CO.Sb.W/c3*1-2-4-6-5-3-1;5*1-2;;/h3*1-5H;;;;;;;. The van der Waals surface area contributed by atoms with Gasteiger partial charge in [-0.15, -0.1) is 0 Å². The molecule has 0 aromatic heterocycles. The van der Waals surface area contributed by atoms with Crippen molar-refractivity contribution in [2.45, 2.75) is 0 Å². The number of rotatable bonds is 3. The molecular weight excluding hydrogens is 662 g/mol. The van der Waals surface area contributed by atoms with Crippen molar-refractivity contribution >= 4 is 30.7 Å². The van der Waals surface area contributed by atoms with Crippen molar-refractivity contribution < 1.29 is 44.3 Å². The van der Waals surface area contributed by atoms with Crippen LogP contribution in [-0.2, 0) is 44.3 Å². The molecule has 0 fully saturated rings. The molecule has 0 bridgehead atoms. The second-order valence-corrected chi connectivity index (χ2v) is 10.7. The molecule has 0 saturated heterocycles. The molecule has 0 aliphatic heterocycles. The first kappa shape index (κ1) is 35.3. The van der Waals surface area contributed by atoms with Gasteiger partial charge in [0.25, 0.3) is 0 Å². The van der Waals surface area contributed by atoms with Crippen LogP contribution in [0.25, 0.3) is 0 Å². The summed E-state index contributed by atoms with van der Waals surface area (Å²) in [5.74, 6) is 0. The third-order valence-corrected chi connectivity index (χ3v) is 10.0. The molecule has 0 amide bonds. The van der Waals surface area contributed by atoms with Gasteiger partial charge in [0, 0.05) is 21.1 Å². The van der Waals surface area contributed by atoms with E-state index in [1.165, 1.54) is 10.5 Å². The normalized spacial score (nSPS) is 7.03. The Hall–Kier alpha value is -2.13. The van der Waals surface area contributed by atoms with E-state index < -0.39 is 20.2 Å². The van der Waals surface area contributed by atoms with Crippen LogP contribution in [0.1, 0.15) is 0 Å². The van der Waals surface area contributed by atoms with Crippen LogP contribution in [0, 0.1) is 33.3 Å². The molecule has 3 aromatic carbocycles. The van der Waals surface area contributed by atoms with Crippen molar-refractivity contribution in [1.29, 1.82) is 0 Å². The van der Waals surface area contributed by atoms with Crippen LogP contribution in [0.15, 0.2) is 91.0 Å². The second-order valence-electron chi connectivity index (χ2n) is 4.34. The first-order valence-electron chi connectivity index (χ1n) is 7.42. The van der Waals surface area contributed by atoms with Gasteiger partial charge in [0.2, 0.25) is 0 Å². The fourth-order valence-corrected chi connectivity index (χ4v) is 8.76. The summed E-state index contributed by atoms with van der Waals surface area (Å²) in [6.07, 6.45) is 0. The molecule has 0 aliphatic carbocycles. The SMILES string of the molecule is [C-]#[O+].[C-]#[O+].[C-]#[O+].[C-]#[O+].[C-]#[O+].[W].c1cc[c]([Sb]([c]2ccccc2)[c]2ccccc2)cc1. The van der Waals surface area contributed by atoms with E-state index in [1.54, 1.807) is 0 Å². The summed E-state index contributed by atoms with van der Waals surface area (Å²) in [4.78, 5) is 0. The van der Waals surface area contributed by atoms with Gasteiger partial charge in [-0.2, -0.15) is 0 Å². The van der Waals surface area contributed by atoms with Crippen LogP contribution in [0.3, 0.4) is 0 Å². The van der Waals surface area contributed by atoms with Crippen LogP contribution in [0.5, 0.6) is 0 Å². The van der Waals surface area contributed by atoms with Crippen LogP contribution in [0.2, 0.25) is 0 Å². The van der Waals surface area contributed by atoms with E-state index >= 15 is 0 Å². The van der Waals surface area contributed by atoms with Gasteiger partial charge in [0.15, 0.2) is 0 Å². The van der Waals surface area contributed by atoms with E-state index in [4.69, 9.17) is 23.3 Å². The summed E-state index contributed by atoms with van der Waals surface area (Å²) in [5.41, 5.74) is 0. The summed E-state index contributed by atoms with van der Waals surface area (Å²) >= 11 is -1.83. The molecule has 0 spiro atoms. The Bertz CT molecular complexity index is 716. The minimum atomic E-state index is -1.83. The van der Waals surface area contributed by atoms with Crippen molar-refractivity contribution in [3.05, 3.63) is 124 Å². The van der Waals surface area contributed by atoms with E-state index in [0.717, 1.165) is 0 Å². The molecule has 0 aliphatic rings. The maximum absolute atomic E-state index is 7.50. The summed E-state index contributed by atoms with van der Waals surface area (Å²) in [5, 5.41) is 0. The fraction of sp³-hybridized carbons (Fsp3) is 0. The van der Waals surface area contributed by atoms with Crippen molar-refractivity contribution in [3.63, 3.8) is 0 Å². The molecule has 0 heterocycles. The zero-order valence-electron chi connectivity index (χ0n) is 15.6. The van der Waals surface area contributed by atoms with Gasteiger partial charge in [-0.3, -0.25) is 0 Å². The van der Waals surface area contributed by atoms with Crippen molar-refractivity contribution in [2.75, 3.05) is 0 Å². The zero-order chi connectivity index (χ0) is 22.9. The molecule has 30 heavy (non-hydrogen) atoms. The Morgan fingerprint density at radius 1 is 0.367 bits per heavy atom. The van der Waals surface area contributed by atoms with E-state index in [-0.39, 0.29) is 21.1 Å². The Balaban J connectivity index is -0.000000271. The van der Waals surface area contributed by atoms with Gasteiger partial charge in [0.1, 0.15) is 0 Å². The third-order valence-electron chi connectivity index (χ3n) is 3.04. The van der Waals surface area contributed by atoms with E-state index in [0.29, 0.717) is 0 Å². The predicted octanol–water partition coefficient (Wildman–Crippen LogP) is 2.01. The van der Waals surface area contributed by atoms with E-state index in [1.807, 2.05) is 0 Å². The van der Waals surface area contributed by atoms with Crippen LogP contribution in [-0.4, -0.2) is 20.2 Å². The summed E-state index contributed by atoms with van der Waals surface area (Å²) in [7, 11) is 0. The Labute approximate surface area is 198 Å². The van der Waals surface area contributed by atoms with E-state index in [9.17, 15) is 0 Å². The molecule has 0 unspecified atom stereocenters. The van der Waals surface area contributed by atoms with Gasteiger partial charge >= 0.3 is 178 Å². The average molecular weight is 677 g/mol. The topological polar surface area (TPSA) is 99.5 Å². The van der Waals surface area contributed by atoms with Gasteiger partial charge in [-0.05, 0) is 0 Å². The van der Waals surface area contributed by atoms with Crippen LogP contribution in [0.4, 0.5) is 0 Å². The van der Waals surface area contributed by atoms with Gasteiger partial charge in [-0.25, -0.2) is 0 Å².